The molecule has 2 saturated heterocycles. The second-order valence-corrected chi connectivity index (χ2v) is 10.9. The normalized spacial score (nSPS) is 18.8. The summed E-state index contributed by atoms with van der Waals surface area (Å²) < 4.78 is 0. The standard InChI is InChI=1S/C28H40N8O3/c1-5-23(37)35-15-12-28(2,13-16-35)19-8-10-20(11-9-19)31-26-24(25(29)38)30-17-22(33-26)36-14-6-7-21(18-36)32-27(39)34(3)4/h8-11,17,21H,5-7,12-16,18H2,1-4H3,(H2,29,38)(H,31,33)(H,32,39). The molecule has 210 valence electrons. The average molecular weight is 537 g/mol. The van der Waals surface area contributed by atoms with Crippen LogP contribution < -0.4 is 21.3 Å². The van der Waals surface area contributed by atoms with Crippen molar-refractivity contribution >= 4 is 35.2 Å². The third-order valence-electron chi connectivity index (χ3n) is 7.84. The lowest BCUT2D eigenvalue weighted by molar-refractivity contribution is -0.132. The van der Waals surface area contributed by atoms with Crippen LogP contribution in [0.4, 0.5) is 22.1 Å². The molecule has 4 rings (SSSR count). The SMILES string of the molecule is CCC(=O)N1CCC(C)(c2ccc(Nc3nc(N4CCCC(NC(=O)N(C)C)C4)cnc3C(N)=O)cc2)CC1. The van der Waals surface area contributed by atoms with E-state index < -0.39 is 5.91 Å². The highest BCUT2D eigenvalue weighted by Gasteiger charge is 2.33. The molecule has 1 aromatic heterocycles. The first-order chi connectivity index (χ1) is 18.6. The second kappa shape index (κ2) is 11.9. The van der Waals surface area contributed by atoms with E-state index in [0.29, 0.717) is 24.6 Å². The number of aromatic nitrogens is 2. The number of nitrogens with zero attached hydrogens (tertiary/aromatic N) is 5. The van der Waals surface area contributed by atoms with E-state index in [9.17, 15) is 14.4 Å². The highest BCUT2D eigenvalue weighted by Crippen LogP contribution is 2.36. The molecule has 39 heavy (non-hydrogen) atoms. The number of nitrogens with two attached hydrogens (primary N) is 1. The number of carbonyl (C=O) groups is 3. The molecule has 0 spiro atoms. The molecule has 1 atom stereocenters. The minimum Gasteiger partial charge on any atom is -0.364 e. The van der Waals surface area contributed by atoms with Crippen molar-refractivity contribution in [2.75, 3.05) is 50.5 Å². The molecule has 0 saturated carbocycles. The Kier molecular flexibility index (Phi) is 8.57. The maximum absolute atomic E-state index is 12.1. The van der Waals surface area contributed by atoms with Crippen LogP contribution in [0.5, 0.6) is 0 Å². The van der Waals surface area contributed by atoms with Gasteiger partial charge in [-0.25, -0.2) is 14.8 Å². The fraction of sp³-hybridized carbons (Fsp3) is 0.536. The molecule has 2 aromatic rings. The summed E-state index contributed by atoms with van der Waals surface area (Å²) in [6.45, 7) is 7.05. The monoisotopic (exact) mass is 536 g/mol. The van der Waals surface area contributed by atoms with Crippen LogP contribution in [0.1, 0.15) is 62.0 Å². The molecule has 0 bridgehead atoms. The van der Waals surface area contributed by atoms with Gasteiger partial charge < -0.3 is 31.1 Å². The number of hydrogen-bond acceptors (Lipinski definition) is 7. The molecule has 0 aliphatic carbocycles. The number of carbonyl (C=O) groups excluding carboxylic acids is 3. The fourth-order valence-electron chi connectivity index (χ4n) is 5.26. The van der Waals surface area contributed by atoms with Crippen LogP contribution in [-0.4, -0.2) is 83.9 Å². The Morgan fingerprint density at radius 3 is 2.44 bits per heavy atom. The summed E-state index contributed by atoms with van der Waals surface area (Å²) in [5.74, 6) is 0.459. The van der Waals surface area contributed by atoms with E-state index in [0.717, 1.165) is 51.0 Å². The highest BCUT2D eigenvalue weighted by molar-refractivity contribution is 5.96. The average Bonchev–Trinajstić information content (AvgIpc) is 2.93. The number of benzene rings is 1. The summed E-state index contributed by atoms with van der Waals surface area (Å²) in [5, 5.41) is 6.27. The van der Waals surface area contributed by atoms with E-state index in [1.54, 1.807) is 20.3 Å². The van der Waals surface area contributed by atoms with Gasteiger partial charge in [0.2, 0.25) is 5.91 Å². The van der Waals surface area contributed by atoms with Gasteiger partial charge in [-0.3, -0.25) is 9.59 Å². The van der Waals surface area contributed by atoms with Gasteiger partial charge in [0, 0.05) is 58.4 Å². The Bertz CT molecular complexity index is 1190. The van der Waals surface area contributed by atoms with Gasteiger partial charge in [0.05, 0.1) is 6.20 Å². The Labute approximate surface area is 230 Å². The first kappa shape index (κ1) is 28.1. The van der Waals surface area contributed by atoms with Crippen LogP contribution in [0.15, 0.2) is 30.5 Å². The zero-order valence-electron chi connectivity index (χ0n) is 23.4. The van der Waals surface area contributed by atoms with Gasteiger partial charge in [0.25, 0.3) is 5.91 Å². The number of amides is 4. The van der Waals surface area contributed by atoms with Crippen molar-refractivity contribution in [3.8, 4) is 0 Å². The molecule has 3 heterocycles. The van der Waals surface area contributed by atoms with Gasteiger partial charge in [0.15, 0.2) is 11.5 Å². The van der Waals surface area contributed by atoms with E-state index >= 15 is 0 Å². The first-order valence-electron chi connectivity index (χ1n) is 13.6. The van der Waals surface area contributed by atoms with Crippen molar-refractivity contribution in [1.29, 1.82) is 0 Å². The van der Waals surface area contributed by atoms with Crippen molar-refractivity contribution < 1.29 is 14.4 Å². The number of rotatable bonds is 7. The number of nitrogens with one attached hydrogen (secondary N) is 2. The molecule has 11 heteroatoms. The number of likely N-dealkylation sites (tertiary alicyclic amines) is 1. The molecule has 0 radical (unpaired) electrons. The number of anilines is 3. The summed E-state index contributed by atoms with van der Waals surface area (Å²) in [5.41, 5.74) is 7.65. The number of urea groups is 1. The van der Waals surface area contributed by atoms with E-state index in [2.05, 4.69) is 39.6 Å². The van der Waals surface area contributed by atoms with Gasteiger partial charge in [-0.05, 0) is 48.8 Å². The molecule has 2 fully saturated rings. The molecular weight excluding hydrogens is 496 g/mol. The third kappa shape index (κ3) is 6.58. The number of hydrogen-bond donors (Lipinski definition) is 3. The maximum atomic E-state index is 12.1. The number of piperidine rings is 2. The maximum Gasteiger partial charge on any atom is 0.317 e. The lowest BCUT2D eigenvalue weighted by Crippen LogP contribution is -2.50. The molecule has 2 aliphatic heterocycles. The molecule has 1 unspecified atom stereocenters. The minimum absolute atomic E-state index is 0.00599. The van der Waals surface area contributed by atoms with Crippen LogP contribution in [-0.2, 0) is 10.2 Å². The predicted molar refractivity (Wildman–Crippen MR) is 151 cm³/mol. The Hall–Kier alpha value is -3.89. The van der Waals surface area contributed by atoms with Crippen molar-refractivity contribution in [3.63, 3.8) is 0 Å². The van der Waals surface area contributed by atoms with Gasteiger partial charge >= 0.3 is 6.03 Å². The van der Waals surface area contributed by atoms with Crippen LogP contribution >= 0.6 is 0 Å². The number of primary amides is 1. The molecular formula is C28H40N8O3. The molecule has 1 aromatic carbocycles. The minimum atomic E-state index is -0.663. The Balaban J connectivity index is 1.48. The lowest BCUT2D eigenvalue weighted by atomic mass is 9.74. The summed E-state index contributed by atoms with van der Waals surface area (Å²) in [6.07, 6.45) is 5.70. The van der Waals surface area contributed by atoms with Gasteiger partial charge in [0.1, 0.15) is 5.82 Å². The Morgan fingerprint density at radius 1 is 1.13 bits per heavy atom. The highest BCUT2D eigenvalue weighted by atomic mass is 16.2. The van der Waals surface area contributed by atoms with Crippen molar-refractivity contribution in [2.24, 2.45) is 5.73 Å². The van der Waals surface area contributed by atoms with Gasteiger partial charge in [-0.2, -0.15) is 0 Å². The summed E-state index contributed by atoms with van der Waals surface area (Å²) in [4.78, 5) is 50.9. The lowest BCUT2D eigenvalue weighted by Gasteiger charge is -2.40. The predicted octanol–water partition coefficient (Wildman–Crippen LogP) is 2.85. The first-order valence-corrected chi connectivity index (χ1v) is 13.6. The summed E-state index contributed by atoms with van der Waals surface area (Å²) in [7, 11) is 3.43. The quantitative estimate of drug-likeness (QED) is 0.495. The Morgan fingerprint density at radius 2 is 1.82 bits per heavy atom. The van der Waals surface area contributed by atoms with Crippen LogP contribution in [0.25, 0.3) is 0 Å². The van der Waals surface area contributed by atoms with Gasteiger partial charge in [-0.15, -0.1) is 0 Å². The zero-order valence-corrected chi connectivity index (χ0v) is 23.4. The smallest absolute Gasteiger partial charge is 0.317 e. The summed E-state index contributed by atoms with van der Waals surface area (Å²) >= 11 is 0. The largest absolute Gasteiger partial charge is 0.364 e. The third-order valence-corrected chi connectivity index (χ3v) is 7.84. The molecule has 11 nitrogen and oxygen atoms in total. The van der Waals surface area contributed by atoms with E-state index in [-0.39, 0.29) is 29.1 Å². The van der Waals surface area contributed by atoms with Crippen LogP contribution in [0.2, 0.25) is 0 Å². The van der Waals surface area contributed by atoms with Crippen LogP contribution in [0.3, 0.4) is 0 Å². The van der Waals surface area contributed by atoms with Gasteiger partial charge in [-0.1, -0.05) is 26.0 Å². The molecule has 2 aliphatic rings. The van der Waals surface area contributed by atoms with E-state index in [1.165, 1.54) is 10.5 Å². The second-order valence-electron chi connectivity index (χ2n) is 10.9. The van der Waals surface area contributed by atoms with Crippen molar-refractivity contribution in [2.45, 2.75) is 57.4 Å². The zero-order chi connectivity index (χ0) is 28.2. The van der Waals surface area contributed by atoms with Crippen molar-refractivity contribution in [1.82, 2.24) is 25.1 Å². The molecule has 4 amide bonds. The topological polar surface area (TPSA) is 137 Å². The fourth-order valence-corrected chi connectivity index (χ4v) is 5.26. The van der Waals surface area contributed by atoms with E-state index in [1.807, 2.05) is 24.0 Å². The summed E-state index contributed by atoms with van der Waals surface area (Å²) in [6, 6.07) is 7.97. The molecule has 4 N–H and O–H groups in total. The van der Waals surface area contributed by atoms with Crippen LogP contribution in [0, 0.1) is 0 Å². The van der Waals surface area contributed by atoms with E-state index in [4.69, 9.17) is 10.7 Å². The van der Waals surface area contributed by atoms with Crippen molar-refractivity contribution in [3.05, 3.63) is 41.7 Å².